The Hall–Kier alpha value is -4.02. The number of carbonyl (C=O) groups is 1. The van der Waals surface area contributed by atoms with Gasteiger partial charge in [-0.15, -0.1) is 0 Å². The lowest BCUT2D eigenvalue weighted by Crippen LogP contribution is -2.19. The van der Waals surface area contributed by atoms with Crippen LogP contribution >= 0.6 is 0 Å². The van der Waals surface area contributed by atoms with Gasteiger partial charge < -0.3 is 10.6 Å². The Bertz CT molecular complexity index is 1180. The number of alkyl halides is 3. The summed E-state index contributed by atoms with van der Waals surface area (Å²) in [4.78, 5) is 24.2. The van der Waals surface area contributed by atoms with Crippen molar-refractivity contribution in [3.05, 3.63) is 72.1 Å². The molecule has 0 unspecified atom stereocenters. The SMILES string of the molecule is CN/C=C\N=C(/C)c1ccc(NC(=O)Cn2cc(C)c(-c3ccnc(C(F)(F)F)c3)n2)nc1. The zero-order valence-electron chi connectivity index (χ0n) is 18.2. The third-order valence-corrected chi connectivity index (χ3v) is 4.53. The molecule has 33 heavy (non-hydrogen) atoms. The van der Waals surface area contributed by atoms with Crippen LogP contribution in [-0.2, 0) is 17.5 Å². The van der Waals surface area contributed by atoms with Gasteiger partial charge in [-0.3, -0.25) is 19.5 Å². The lowest BCUT2D eigenvalue weighted by atomic mass is 10.1. The summed E-state index contributed by atoms with van der Waals surface area (Å²) in [5.41, 5.74) is 1.81. The van der Waals surface area contributed by atoms with E-state index in [0.717, 1.165) is 23.5 Å². The van der Waals surface area contributed by atoms with E-state index in [4.69, 9.17) is 0 Å². The van der Waals surface area contributed by atoms with Crippen molar-refractivity contribution in [3.63, 3.8) is 0 Å². The average molecular weight is 457 g/mol. The fourth-order valence-corrected chi connectivity index (χ4v) is 2.93. The molecule has 0 aliphatic rings. The van der Waals surface area contributed by atoms with Gasteiger partial charge in [0, 0.05) is 54.9 Å². The Kier molecular flexibility index (Phi) is 7.21. The van der Waals surface area contributed by atoms with Gasteiger partial charge >= 0.3 is 6.18 Å². The number of hydrogen-bond donors (Lipinski definition) is 2. The highest BCUT2D eigenvalue weighted by atomic mass is 19.4. The lowest BCUT2D eigenvalue weighted by Gasteiger charge is -2.07. The number of amides is 1. The average Bonchev–Trinajstić information content (AvgIpc) is 3.13. The van der Waals surface area contributed by atoms with Gasteiger partial charge in [0.1, 0.15) is 18.1 Å². The number of nitrogens with one attached hydrogen (secondary N) is 2. The minimum Gasteiger partial charge on any atom is -0.393 e. The number of rotatable bonds is 7. The first-order valence-corrected chi connectivity index (χ1v) is 9.88. The van der Waals surface area contributed by atoms with Gasteiger partial charge in [-0.1, -0.05) is 0 Å². The van der Waals surface area contributed by atoms with Gasteiger partial charge in [0.25, 0.3) is 0 Å². The minimum absolute atomic E-state index is 0.128. The van der Waals surface area contributed by atoms with Crippen LogP contribution in [0.4, 0.5) is 19.0 Å². The monoisotopic (exact) mass is 457 g/mol. The standard InChI is InChI=1S/C22H22F3N7O/c1-14-12-32(31-21(14)16-6-7-28-18(10-16)22(23,24)25)13-20(33)30-19-5-4-17(11-29-19)15(2)27-9-8-26-3/h4-12,26H,13H2,1-3H3,(H,29,30,33)/b9-8-,27-15+. The number of halogens is 3. The number of nitrogens with zero attached hydrogens (tertiary/aromatic N) is 5. The van der Waals surface area contributed by atoms with Gasteiger partial charge in [0.05, 0.1) is 5.69 Å². The smallest absolute Gasteiger partial charge is 0.393 e. The van der Waals surface area contributed by atoms with Gasteiger partial charge in [0.15, 0.2) is 0 Å². The van der Waals surface area contributed by atoms with Crippen LogP contribution in [0.3, 0.4) is 0 Å². The maximum atomic E-state index is 12.9. The number of aromatic nitrogens is 4. The van der Waals surface area contributed by atoms with Crippen LogP contribution in [0.15, 0.2) is 60.2 Å². The maximum Gasteiger partial charge on any atom is 0.433 e. The molecule has 0 saturated carbocycles. The molecule has 0 saturated heterocycles. The number of pyridine rings is 2. The van der Waals surface area contributed by atoms with E-state index in [1.807, 2.05) is 6.92 Å². The fraction of sp³-hybridized carbons (Fsp3) is 0.227. The van der Waals surface area contributed by atoms with Gasteiger partial charge in [-0.05, 0) is 43.7 Å². The molecule has 3 aromatic rings. The fourth-order valence-electron chi connectivity index (χ4n) is 2.93. The quantitative estimate of drug-likeness (QED) is 0.526. The largest absolute Gasteiger partial charge is 0.433 e. The van der Waals surface area contributed by atoms with E-state index in [9.17, 15) is 18.0 Å². The molecule has 3 rings (SSSR count). The zero-order valence-corrected chi connectivity index (χ0v) is 18.2. The molecule has 3 aromatic heterocycles. The molecule has 0 atom stereocenters. The Morgan fingerprint density at radius 1 is 1.24 bits per heavy atom. The van der Waals surface area contributed by atoms with Gasteiger partial charge in [-0.25, -0.2) is 4.98 Å². The minimum atomic E-state index is -4.55. The second-order valence-corrected chi connectivity index (χ2v) is 7.09. The third kappa shape index (κ3) is 6.25. The van der Waals surface area contributed by atoms with Crippen molar-refractivity contribution in [1.82, 2.24) is 25.1 Å². The summed E-state index contributed by atoms with van der Waals surface area (Å²) in [6.45, 7) is 3.42. The summed E-state index contributed by atoms with van der Waals surface area (Å²) in [7, 11) is 1.77. The first-order chi connectivity index (χ1) is 15.7. The topological polar surface area (TPSA) is 97.1 Å². The van der Waals surface area contributed by atoms with Crippen LogP contribution in [-0.4, -0.2) is 38.4 Å². The molecule has 8 nitrogen and oxygen atoms in total. The highest BCUT2D eigenvalue weighted by Gasteiger charge is 2.32. The van der Waals surface area contributed by atoms with Gasteiger partial charge in [0.2, 0.25) is 5.91 Å². The van der Waals surface area contributed by atoms with Crippen molar-refractivity contribution in [2.24, 2.45) is 4.99 Å². The second-order valence-electron chi connectivity index (χ2n) is 7.09. The number of hydrogen-bond acceptors (Lipinski definition) is 6. The van der Waals surface area contributed by atoms with Crippen LogP contribution in [0, 0.1) is 6.92 Å². The number of aliphatic imine (C=N–C) groups is 1. The lowest BCUT2D eigenvalue weighted by molar-refractivity contribution is -0.141. The molecule has 0 spiro atoms. The number of carbonyl (C=O) groups excluding carboxylic acids is 1. The molecule has 1 amide bonds. The summed E-state index contributed by atoms with van der Waals surface area (Å²) < 4.78 is 40.2. The predicted octanol–water partition coefficient (Wildman–Crippen LogP) is 3.81. The van der Waals surface area contributed by atoms with E-state index in [-0.39, 0.29) is 18.0 Å². The first-order valence-electron chi connectivity index (χ1n) is 9.88. The van der Waals surface area contributed by atoms with Crippen molar-refractivity contribution in [2.75, 3.05) is 12.4 Å². The summed E-state index contributed by atoms with van der Waals surface area (Å²) >= 11 is 0. The van der Waals surface area contributed by atoms with Crippen molar-refractivity contribution < 1.29 is 18.0 Å². The van der Waals surface area contributed by atoms with Crippen LogP contribution in [0.1, 0.15) is 23.7 Å². The summed E-state index contributed by atoms with van der Waals surface area (Å²) in [6.07, 6.45) is 3.04. The Morgan fingerprint density at radius 2 is 2.03 bits per heavy atom. The molecular formula is C22H22F3N7O. The van der Waals surface area contributed by atoms with Crippen LogP contribution in [0.2, 0.25) is 0 Å². The highest BCUT2D eigenvalue weighted by molar-refractivity contribution is 5.99. The van der Waals surface area contributed by atoms with Gasteiger partial charge in [-0.2, -0.15) is 18.3 Å². The molecule has 3 heterocycles. The molecule has 2 N–H and O–H groups in total. The summed E-state index contributed by atoms with van der Waals surface area (Å²) in [5, 5.41) is 9.79. The van der Waals surface area contributed by atoms with Crippen LogP contribution in [0.25, 0.3) is 11.3 Å². The Balaban J connectivity index is 1.67. The van der Waals surface area contributed by atoms with E-state index in [1.54, 1.807) is 50.9 Å². The molecule has 0 bridgehead atoms. The molecule has 0 aliphatic heterocycles. The molecule has 172 valence electrons. The predicted molar refractivity (Wildman–Crippen MR) is 118 cm³/mol. The normalized spacial score (nSPS) is 12.2. The number of anilines is 1. The molecule has 0 fully saturated rings. The molecular weight excluding hydrogens is 435 g/mol. The second kappa shape index (κ2) is 10.1. The van der Waals surface area contributed by atoms with Crippen LogP contribution in [0.5, 0.6) is 0 Å². The molecule has 0 aromatic carbocycles. The van der Waals surface area contributed by atoms with E-state index in [1.165, 1.54) is 10.7 Å². The van der Waals surface area contributed by atoms with Crippen molar-refractivity contribution in [2.45, 2.75) is 26.6 Å². The van der Waals surface area contributed by atoms with Crippen molar-refractivity contribution >= 4 is 17.4 Å². The molecule has 0 aliphatic carbocycles. The van der Waals surface area contributed by atoms with E-state index >= 15 is 0 Å². The zero-order chi connectivity index (χ0) is 24.0. The van der Waals surface area contributed by atoms with E-state index < -0.39 is 11.9 Å². The number of aryl methyl sites for hydroxylation is 1. The Labute approximate surface area is 188 Å². The first kappa shape index (κ1) is 23.6. The maximum absolute atomic E-state index is 12.9. The summed E-state index contributed by atoms with van der Waals surface area (Å²) in [5.74, 6) is -0.0206. The molecule has 0 radical (unpaired) electrons. The van der Waals surface area contributed by atoms with E-state index in [0.29, 0.717) is 17.1 Å². The van der Waals surface area contributed by atoms with Crippen LogP contribution < -0.4 is 10.6 Å². The Morgan fingerprint density at radius 3 is 2.70 bits per heavy atom. The molecule has 11 heteroatoms. The third-order valence-electron chi connectivity index (χ3n) is 4.53. The van der Waals surface area contributed by atoms with Crippen molar-refractivity contribution in [1.29, 1.82) is 0 Å². The van der Waals surface area contributed by atoms with Crippen molar-refractivity contribution in [3.8, 4) is 11.3 Å². The van der Waals surface area contributed by atoms with E-state index in [2.05, 4.69) is 30.7 Å². The highest BCUT2D eigenvalue weighted by Crippen LogP contribution is 2.30. The summed E-state index contributed by atoms with van der Waals surface area (Å²) in [6, 6.07) is 5.82.